The maximum absolute atomic E-state index is 12.1. The molecule has 1 aromatic carbocycles. The highest BCUT2D eigenvalue weighted by molar-refractivity contribution is 7.99. The van der Waals surface area contributed by atoms with Crippen molar-refractivity contribution in [1.29, 1.82) is 0 Å². The van der Waals surface area contributed by atoms with Crippen LogP contribution >= 0.6 is 23.4 Å². The summed E-state index contributed by atoms with van der Waals surface area (Å²) >= 11 is 8.00. The number of aromatic nitrogens is 2. The molecule has 2 rings (SSSR count). The highest BCUT2D eigenvalue weighted by Gasteiger charge is 2.23. The molecule has 6 heteroatoms. The Balaban J connectivity index is 2.35. The second-order valence-electron chi connectivity index (χ2n) is 5.47. The number of imidazole rings is 1. The Morgan fingerprint density at radius 1 is 1.38 bits per heavy atom. The summed E-state index contributed by atoms with van der Waals surface area (Å²) in [7, 11) is 0. The van der Waals surface area contributed by atoms with Crippen LogP contribution in [0.3, 0.4) is 0 Å². The van der Waals surface area contributed by atoms with Crippen molar-refractivity contribution in [3.63, 3.8) is 0 Å². The number of benzene rings is 1. The number of carbonyl (C=O) groups excluding carboxylic acids is 1. The van der Waals surface area contributed by atoms with Gasteiger partial charge in [0.15, 0.2) is 5.16 Å². The summed E-state index contributed by atoms with van der Waals surface area (Å²) in [6, 6.07) is 7.75. The quantitative estimate of drug-likeness (QED) is 0.499. The summed E-state index contributed by atoms with van der Waals surface area (Å²) in [6.45, 7) is 6.77. The molecular formula is C18H23ClN2O2S. The molecule has 0 saturated carbocycles. The van der Waals surface area contributed by atoms with Gasteiger partial charge in [-0.25, -0.2) is 4.98 Å². The summed E-state index contributed by atoms with van der Waals surface area (Å²) in [5.74, 6) is 0.382. The number of thioether (sulfide) groups is 1. The maximum Gasteiger partial charge on any atom is 0.314 e. The van der Waals surface area contributed by atoms with Gasteiger partial charge in [-0.3, -0.25) is 4.79 Å². The highest BCUT2D eigenvalue weighted by Crippen LogP contribution is 2.27. The van der Waals surface area contributed by atoms with Gasteiger partial charge in [0, 0.05) is 10.8 Å². The van der Waals surface area contributed by atoms with Crippen molar-refractivity contribution >= 4 is 29.3 Å². The van der Waals surface area contributed by atoms with E-state index in [1.807, 2.05) is 38.1 Å². The minimum absolute atomic E-state index is 0.232. The van der Waals surface area contributed by atoms with E-state index in [9.17, 15) is 4.79 Å². The predicted molar refractivity (Wildman–Crippen MR) is 98.8 cm³/mol. The normalized spacial score (nSPS) is 12.2. The molecule has 0 spiro atoms. The largest absolute Gasteiger partial charge is 0.465 e. The third-order valence-electron chi connectivity index (χ3n) is 3.66. The summed E-state index contributed by atoms with van der Waals surface area (Å²) < 4.78 is 7.24. The van der Waals surface area contributed by atoms with Gasteiger partial charge < -0.3 is 9.30 Å². The van der Waals surface area contributed by atoms with Crippen LogP contribution in [0.25, 0.3) is 0 Å². The average Bonchev–Trinajstić information content (AvgIpc) is 2.97. The van der Waals surface area contributed by atoms with E-state index in [0.717, 1.165) is 28.6 Å². The Morgan fingerprint density at radius 3 is 2.79 bits per heavy atom. The van der Waals surface area contributed by atoms with E-state index < -0.39 is 0 Å². The molecule has 0 amide bonds. The van der Waals surface area contributed by atoms with Crippen molar-refractivity contribution in [2.75, 3.05) is 12.4 Å². The van der Waals surface area contributed by atoms with Crippen molar-refractivity contribution in [1.82, 2.24) is 9.55 Å². The monoisotopic (exact) mass is 366 g/mol. The van der Waals surface area contributed by atoms with Crippen LogP contribution in [-0.2, 0) is 16.1 Å². The fourth-order valence-corrected chi connectivity index (χ4v) is 3.40. The fraction of sp³-hybridized carbons (Fsp3) is 0.444. The van der Waals surface area contributed by atoms with Crippen molar-refractivity contribution in [3.05, 3.63) is 46.7 Å². The van der Waals surface area contributed by atoms with Crippen molar-refractivity contribution in [2.45, 2.75) is 44.8 Å². The van der Waals surface area contributed by atoms with E-state index in [-0.39, 0.29) is 11.9 Å². The molecule has 2 aromatic rings. The second-order valence-corrected chi connectivity index (χ2v) is 6.93. The lowest BCUT2D eigenvalue weighted by atomic mass is 10.1. The minimum Gasteiger partial charge on any atom is -0.465 e. The number of halogens is 1. The van der Waals surface area contributed by atoms with E-state index in [4.69, 9.17) is 16.3 Å². The number of rotatable bonds is 8. The first-order valence-corrected chi connectivity index (χ1v) is 9.53. The van der Waals surface area contributed by atoms with Crippen LogP contribution in [0.5, 0.6) is 0 Å². The molecule has 4 nitrogen and oxygen atoms in total. The number of ether oxygens (including phenoxy) is 1. The Hall–Kier alpha value is -1.46. The molecule has 0 aliphatic carbocycles. The molecule has 24 heavy (non-hydrogen) atoms. The molecular weight excluding hydrogens is 344 g/mol. The van der Waals surface area contributed by atoms with Crippen molar-refractivity contribution in [3.8, 4) is 0 Å². The molecule has 0 bridgehead atoms. The molecule has 0 saturated heterocycles. The molecule has 0 aliphatic heterocycles. The molecule has 1 aromatic heterocycles. The van der Waals surface area contributed by atoms with Gasteiger partial charge in [-0.2, -0.15) is 0 Å². The molecule has 0 N–H and O–H groups in total. The van der Waals surface area contributed by atoms with Crippen LogP contribution in [0, 0.1) is 0 Å². The van der Waals surface area contributed by atoms with E-state index in [1.165, 1.54) is 0 Å². The van der Waals surface area contributed by atoms with Gasteiger partial charge in [0.1, 0.15) is 0 Å². The number of hydrogen-bond acceptors (Lipinski definition) is 4. The van der Waals surface area contributed by atoms with Gasteiger partial charge in [-0.05, 0) is 31.9 Å². The van der Waals surface area contributed by atoms with E-state index >= 15 is 0 Å². The third-order valence-corrected chi connectivity index (χ3v) is 5.22. The molecule has 1 heterocycles. The Labute approximate surface area is 152 Å². The lowest BCUT2D eigenvalue weighted by Crippen LogP contribution is -2.17. The fourth-order valence-electron chi connectivity index (χ4n) is 2.37. The zero-order valence-corrected chi connectivity index (χ0v) is 15.9. The Morgan fingerprint density at radius 2 is 2.12 bits per heavy atom. The number of hydrogen-bond donors (Lipinski definition) is 0. The van der Waals surface area contributed by atoms with E-state index in [1.54, 1.807) is 18.0 Å². The molecule has 0 aliphatic rings. The van der Waals surface area contributed by atoms with E-state index in [2.05, 4.69) is 16.5 Å². The first-order chi connectivity index (χ1) is 11.6. The zero-order chi connectivity index (χ0) is 17.5. The van der Waals surface area contributed by atoms with Crippen molar-refractivity contribution < 1.29 is 9.53 Å². The average molecular weight is 367 g/mol. The second kappa shape index (κ2) is 9.14. The summed E-state index contributed by atoms with van der Waals surface area (Å²) in [5.41, 5.74) is 1.86. The smallest absolute Gasteiger partial charge is 0.314 e. The third kappa shape index (κ3) is 4.54. The number of esters is 1. The maximum atomic E-state index is 12.1. The number of carbonyl (C=O) groups is 1. The van der Waals surface area contributed by atoms with Gasteiger partial charge in [-0.15, -0.1) is 0 Å². The van der Waals surface area contributed by atoms with Crippen LogP contribution in [0.2, 0.25) is 5.02 Å². The summed E-state index contributed by atoms with van der Waals surface area (Å²) in [5, 5.41) is 1.62. The standard InChI is InChI=1S/C18H23ClN2O2S/c1-4-10-24-18-20-11-16(13(3)17(22)23-5-2)21(18)12-14-8-6-7-9-15(14)19/h6-9,11,13H,4-5,10,12H2,1-3H3. The Bertz CT molecular complexity index is 687. The molecule has 1 atom stereocenters. The molecule has 130 valence electrons. The van der Waals surface area contributed by atoms with Crippen LogP contribution in [0.1, 0.15) is 44.4 Å². The van der Waals surface area contributed by atoms with E-state index in [0.29, 0.717) is 18.2 Å². The Kier molecular flexibility index (Phi) is 7.18. The zero-order valence-electron chi connectivity index (χ0n) is 14.3. The lowest BCUT2D eigenvalue weighted by molar-refractivity contribution is -0.144. The van der Waals surface area contributed by atoms with Crippen molar-refractivity contribution in [2.24, 2.45) is 0 Å². The topological polar surface area (TPSA) is 44.1 Å². The minimum atomic E-state index is -0.365. The van der Waals surface area contributed by atoms with Gasteiger partial charge in [0.25, 0.3) is 0 Å². The van der Waals surface area contributed by atoms with Crippen LogP contribution in [0.15, 0.2) is 35.6 Å². The first kappa shape index (κ1) is 18.9. The van der Waals surface area contributed by atoms with Gasteiger partial charge in [0.2, 0.25) is 0 Å². The molecule has 0 fully saturated rings. The van der Waals surface area contributed by atoms with Crippen LogP contribution in [0.4, 0.5) is 0 Å². The molecule has 0 radical (unpaired) electrons. The van der Waals surface area contributed by atoms with Gasteiger partial charge in [-0.1, -0.05) is 48.5 Å². The molecule has 1 unspecified atom stereocenters. The lowest BCUT2D eigenvalue weighted by Gasteiger charge is -2.16. The SMILES string of the molecule is CCCSc1ncc(C(C)C(=O)OCC)n1Cc1ccccc1Cl. The predicted octanol–water partition coefficient (Wildman–Crippen LogP) is 4.75. The highest BCUT2D eigenvalue weighted by atomic mass is 35.5. The van der Waals surface area contributed by atoms with Gasteiger partial charge >= 0.3 is 5.97 Å². The first-order valence-electron chi connectivity index (χ1n) is 8.16. The summed E-state index contributed by atoms with van der Waals surface area (Å²) in [6.07, 6.45) is 2.84. The van der Waals surface area contributed by atoms with Gasteiger partial charge in [0.05, 0.1) is 31.0 Å². The number of nitrogens with zero attached hydrogens (tertiary/aromatic N) is 2. The van der Waals surface area contributed by atoms with Crippen LogP contribution in [-0.4, -0.2) is 27.9 Å². The summed E-state index contributed by atoms with van der Waals surface area (Å²) in [4.78, 5) is 16.7. The van der Waals surface area contributed by atoms with Crippen LogP contribution < -0.4 is 0 Å².